The van der Waals surface area contributed by atoms with Crippen LogP contribution >= 0.6 is 0 Å². The van der Waals surface area contributed by atoms with E-state index in [4.69, 9.17) is 15.0 Å². The summed E-state index contributed by atoms with van der Waals surface area (Å²) < 4.78 is 47.9. The van der Waals surface area contributed by atoms with Gasteiger partial charge in [0.15, 0.2) is 5.82 Å². The lowest BCUT2D eigenvalue weighted by atomic mass is 10.1. The van der Waals surface area contributed by atoms with Crippen LogP contribution < -0.4 is 5.73 Å². The third-order valence-corrected chi connectivity index (χ3v) is 2.53. The van der Waals surface area contributed by atoms with Crippen molar-refractivity contribution in [2.75, 3.05) is 19.5 Å². The molecule has 108 valence electrons. The first-order valence-electron chi connectivity index (χ1n) is 5.70. The number of nitrogens with zero attached hydrogens (tertiary/aromatic N) is 2. The number of hydrogen-bond acceptors (Lipinski definition) is 5. The fourth-order valence-electron chi connectivity index (χ4n) is 1.60. The first-order valence-corrected chi connectivity index (χ1v) is 5.70. The second-order valence-corrected chi connectivity index (χ2v) is 4.10. The molecule has 2 rings (SSSR count). The van der Waals surface area contributed by atoms with E-state index >= 15 is 0 Å². The molecule has 0 aliphatic carbocycles. The SMILES string of the molecule is COCCc1noc(-c2cc(N)cc(C(F)(F)F)c2)n1. The van der Waals surface area contributed by atoms with Gasteiger partial charge in [-0.1, -0.05) is 5.16 Å². The van der Waals surface area contributed by atoms with Gasteiger partial charge in [-0.3, -0.25) is 0 Å². The summed E-state index contributed by atoms with van der Waals surface area (Å²) in [5.74, 6) is 0.353. The van der Waals surface area contributed by atoms with Crippen molar-refractivity contribution in [1.82, 2.24) is 10.1 Å². The Labute approximate surface area is 112 Å². The largest absolute Gasteiger partial charge is 0.416 e. The number of ether oxygens (including phenoxy) is 1. The smallest absolute Gasteiger partial charge is 0.399 e. The summed E-state index contributed by atoms with van der Waals surface area (Å²) in [6.45, 7) is 0.393. The fraction of sp³-hybridized carbons (Fsp3) is 0.333. The first-order chi connectivity index (χ1) is 9.40. The first kappa shape index (κ1) is 14.3. The van der Waals surface area contributed by atoms with Gasteiger partial charge in [0.05, 0.1) is 12.2 Å². The molecule has 0 unspecified atom stereocenters. The van der Waals surface area contributed by atoms with Crippen molar-refractivity contribution in [2.24, 2.45) is 0 Å². The van der Waals surface area contributed by atoms with Gasteiger partial charge in [0, 0.05) is 24.8 Å². The van der Waals surface area contributed by atoms with Crippen LogP contribution in [0, 0.1) is 0 Å². The van der Waals surface area contributed by atoms with Crippen LogP contribution in [0.15, 0.2) is 22.7 Å². The summed E-state index contributed by atoms with van der Waals surface area (Å²) in [4.78, 5) is 4.00. The number of benzene rings is 1. The molecule has 1 aromatic carbocycles. The van der Waals surface area contributed by atoms with Crippen molar-refractivity contribution in [3.63, 3.8) is 0 Å². The Bertz CT molecular complexity index is 596. The number of hydrogen-bond donors (Lipinski definition) is 1. The highest BCUT2D eigenvalue weighted by molar-refractivity contribution is 5.62. The van der Waals surface area contributed by atoms with Crippen LogP contribution in [-0.4, -0.2) is 23.9 Å². The molecule has 0 aliphatic heterocycles. The summed E-state index contributed by atoms with van der Waals surface area (Å²) in [6.07, 6.45) is -4.07. The number of nitrogen functional groups attached to an aromatic ring is 1. The zero-order valence-electron chi connectivity index (χ0n) is 10.6. The van der Waals surface area contributed by atoms with Gasteiger partial charge in [0.2, 0.25) is 0 Å². The molecule has 1 aromatic heterocycles. The minimum absolute atomic E-state index is 0.00565. The molecule has 0 fully saturated rings. The molecular formula is C12H12F3N3O2. The number of methoxy groups -OCH3 is 1. The molecule has 0 amide bonds. The number of anilines is 1. The van der Waals surface area contributed by atoms with Crippen molar-refractivity contribution in [3.05, 3.63) is 29.6 Å². The van der Waals surface area contributed by atoms with Gasteiger partial charge < -0.3 is 15.0 Å². The number of alkyl halides is 3. The summed E-state index contributed by atoms with van der Waals surface area (Å²) in [5, 5.41) is 3.66. The second-order valence-electron chi connectivity index (χ2n) is 4.10. The summed E-state index contributed by atoms with van der Waals surface area (Å²) >= 11 is 0. The van der Waals surface area contributed by atoms with E-state index in [0.717, 1.165) is 12.1 Å². The Morgan fingerprint density at radius 2 is 2.05 bits per heavy atom. The van der Waals surface area contributed by atoms with E-state index in [1.165, 1.54) is 13.2 Å². The van der Waals surface area contributed by atoms with Crippen LogP contribution in [0.2, 0.25) is 0 Å². The molecule has 0 bridgehead atoms. The Kier molecular flexibility index (Phi) is 3.93. The van der Waals surface area contributed by atoms with Crippen molar-refractivity contribution in [3.8, 4) is 11.5 Å². The Balaban J connectivity index is 2.32. The predicted octanol–water partition coefficient (Wildman–Crippen LogP) is 2.53. The average molecular weight is 287 g/mol. The summed E-state index contributed by atoms with van der Waals surface area (Å²) in [5.41, 5.74) is 4.72. The predicted molar refractivity (Wildman–Crippen MR) is 64.7 cm³/mol. The average Bonchev–Trinajstić information content (AvgIpc) is 2.83. The van der Waals surface area contributed by atoms with Crippen LogP contribution in [0.1, 0.15) is 11.4 Å². The minimum Gasteiger partial charge on any atom is -0.399 e. The zero-order chi connectivity index (χ0) is 14.8. The Hall–Kier alpha value is -2.09. The normalized spacial score (nSPS) is 11.8. The lowest BCUT2D eigenvalue weighted by Gasteiger charge is -2.08. The van der Waals surface area contributed by atoms with Crippen molar-refractivity contribution >= 4 is 5.69 Å². The molecule has 0 saturated carbocycles. The van der Waals surface area contributed by atoms with Crippen molar-refractivity contribution in [2.45, 2.75) is 12.6 Å². The van der Waals surface area contributed by atoms with Gasteiger partial charge in [0.25, 0.3) is 5.89 Å². The number of nitrogens with two attached hydrogens (primary N) is 1. The van der Waals surface area contributed by atoms with Gasteiger partial charge in [0.1, 0.15) is 0 Å². The lowest BCUT2D eigenvalue weighted by molar-refractivity contribution is -0.137. The highest BCUT2D eigenvalue weighted by Crippen LogP contribution is 2.33. The molecule has 2 N–H and O–H groups in total. The van der Waals surface area contributed by atoms with Gasteiger partial charge in [-0.25, -0.2) is 0 Å². The Morgan fingerprint density at radius 1 is 1.30 bits per heavy atom. The van der Waals surface area contributed by atoms with Crippen LogP contribution in [0.5, 0.6) is 0 Å². The fourth-order valence-corrected chi connectivity index (χ4v) is 1.60. The van der Waals surface area contributed by atoms with E-state index in [-0.39, 0.29) is 17.1 Å². The number of aromatic nitrogens is 2. The lowest BCUT2D eigenvalue weighted by Crippen LogP contribution is -2.06. The van der Waals surface area contributed by atoms with Gasteiger partial charge >= 0.3 is 6.18 Å². The van der Waals surface area contributed by atoms with Crippen LogP contribution in [0.4, 0.5) is 18.9 Å². The maximum absolute atomic E-state index is 12.7. The van der Waals surface area contributed by atoms with E-state index in [1.807, 2.05) is 0 Å². The van der Waals surface area contributed by atoms with Crippen molar-refractivity contribution in [1.29, 1.82) is 0 Å². The third-order valence-electron chi connectivity index (χ3n) is 2.53. The van der Waals surface area contributed by atoms with Gasteiger partial charge in [-0.2, -0.15) is 18.2 Å². The van der Waals surface area contributed by atoms with Crippen molar-refractivity contribution < 1.29 is 22.4 Å². The number of rotatable bonds is 4. The standard InChI is InChI=1S/C12H12F3N3O2/c1-19-3-2-10-17-11(20-18-10)7-4-8(12(13,14)15)6-9(16)5-7/h4-6H,2-3,16H2,1H3. The molecule has 0 aliphatic rings. The number of halogens is 3. The van der Waals surface area contributed by atoms with E-state index in [0.29, 0.717) is 18.9 Å². The van der Waals surface area contributed by atoms with Crippen LogP contribution in [-0.2, 0) is 17.3 Å². The molecule has 8 heteroatoms. The van der Waals surface area contributed by atoms with Crippen LogP contribution in [0.3, 0.4) is 0 Å². The molecule has 2 aromatic rings. The van der Waals surface area contributed by atoms with E-state index in [1.54, 1.807) is 0 Å². The van der Waals surface area contributed by atoms with E-state index in [9.17, 15) is 13.2 Å². The summed E-state index contributed by atoms with van der Waals surface area (Å²) in [7, 11) is 1.52. The molecule has 0 atom stereocenters. The zero-order valence-corrected chi connectivity index (χ0v) is 10.6. The highest BCUT2D eigenvalue weighted by Gasteiger charge is 2.31. The topological polar surface area (TPSA) is 74.2 Å². The molecule has 20 heavy (non-hydrogen) atoms. The molecule has 5 nitrogen and oxygen atoms in total. The van der Waals surface area contributed by atoms with E-state index < -0.39 is 11.7 Å². The third kappa shape index (κ3) is 3.27. The molecule has 0 spiro atoms. The highest BCUT2D eigenvalue weighted by atomic mass is 19.4. The molecule has 0 radical (unpaired) electrons. The summed E-state index contributed by atoms with van der Waals surface area (Å²) in [6, 6.07) is 3.12. The maximum Gasteiger partial charge on any atom is 0.416 e. The Morgan fingerprint density at radius 3 is 2.70 bits per heavy atom. The maximum atomic E-state index is 12.7. The van der Waals surface area contributed by atoms with E-state index in [2.05, 4.69) is 10.1 Å². The quantitative estimate of drug-likeness (QED) is 0.875. The van der Waals surface area contributed by atoms with Gasteiger partial charge in [-0.05, 0) is 18.2 Å². The second kappa shape index (κ2) is 5.49. The molecular weight excluding hydrogens is 275 g/mol. The monoisotopic (exact) mass is 287 g/mol. The van der Waals surface area contributed by atoms with Gasteiger partial charge in [-0.15, -0.1) is 0 Å². The van der Waals surface area contributed by atoms with Crippen LogP contribution in [0.25, 0.3) is 11.5 Å². The molecule has 0 saturated heterocycles. The minimum atomic E-state index is -4.48. The molecule has 1 heterocycles.